The fourth-order valence-electron chi connectivity index (χ4n) is 2.14. The first-order chi connectivity index (χ1) is 8.99. The fourth-order valence-corrected chi connectivity index (χ4v) is 2.14. The maximum Gasteiger partial charge on any atom is 0.123 e. The van der Waals surface area contributed by atoms with E-state index in [0.29, 0.717) is 5.56 Å². The highest BCUT2D eigenvalue weighted by Gasteiger charge is 2.16. The normalized spacial score (nSPS) is 12.2. The minimum Gasteiger partial charge on any atom is -0.508 e. The molecule has 2 aromatic carbocycles. The minimum absolute atomic E-state index is 0.113. The Bertz CT molecular complexity index is 583. The summed E-state index contributed by atoms with van der Waals surface area (Å²) in [6, 6.07) is 12.0. The predicted octanol–water partition coefficient (Wildman–Crippen LogP) is 4.04. The van der Waals surface area contributed by atoms with Gasteiger partial charge < -0.3 is 10.0 Å². The topological polar surface area (TPSA) is 23.5 Å². The maximum absolute atomic E-state index is 13.3. The molecule has 0 saturated carbocycles. The third-order valence-corrected chi connectivity index (χ3v) is 3.43. The lowest BCUT2D eigenvalue weighted by atomic mass is 10.0. The highest BCUT2D eigenvalue weighted by atomic mass is 19.1. The van der Waals surface area contributed by atoms with E-state index >= 15 is 0 Å². The molecule has 0 aromatic heterocycles. The Labute approximate surface area is 113 Å². The van der Waals surface area contributed by atoms with Crippen LogP contribution in [0.4, 0.5) is 10.1 Å². The summed E-state index contributed by atoms with van der Waals surface area (Å²) in [4.78, 5) is 2.02. The number of anilines is 1. The first-order valence-electron chi connectivity index (χ1n) is 6.27. The van der Waals surface area contributed by atoms with Crippen molar-refractivity contribution < 1.29 is 9.50 Å². The molecular formula is C16H18FNO. The molecule has 2 aromatic rings. The molecular weight excluding hydrogens is 241 g/mol. The van der Waals surface area contributed by atoms with E-state index in [1.54, 1.807) is 0 Å². The van der Waals surface area contributed by atoms with E-state index in [0.717, 1.165) is 5.69 Å². The van der Waals surface area contributed by atoms with Crippen molar-refractivity contribution in [1.82, 2.24) is 0 Å². The number of phenols is 1. The summed E-state index contributed by atoms with van der Waals surface area (Å²) in [5.41, 5.74) is 2.79. The first-order valence-corrected chi connectivity index (χ1v) is 6.27. The zero-order chi connectivity index (χ0) is 14.0. The van der Waals surface area contributed by atoms with Gasteiger partial charge in [-0.25, -0.2) is 4.39 Å². The standard InChI is InChI=1S/C16H18FNO/c1-11-5-4-6-14(9-11)18(3)12(2)15-10-13(17)7-8-16(15)19/h4-10,12,19H,1-3H3. The molecule has 3 heteroatoms. The van der Waals surface area contributed by atoms with E-state index in [1.807, 2.05) is 44.0 Å². The average Bonchev–Trinajstić information content (AvgIpc) is 2.40. The number of aryl methyl sites for hydroxylation is 1. The van der Waals surface area contributed by atoms with Gasteiger partial charge in [-0.3, -0.25) is 0 Å². The van der Waals surface area contributed by atoms with E-state index in [4.69, 9.17) is 0 Å². The summed E-state index contributed by atoms with van der Waals surface area (Å²) < 4.78 is 13.3. The fraction of sp³-hybridized carbons (Fsp3) is 0.250. The summed E-state index contributed by atoms with van der Waals surface area (Å²) in [6.07, 6.45) is 0. The molecule has 2 rings (SSSR count). The highest BCUT2D eigenvalue weighted by Crippen LogP contribution is 2.31. The van der Waals surface area contributed by atoms with Crippen molar-refractivity contribution in [1.29, 1.82) is 0 Å². The summed E-state index contributed by atoms with van der Waals surface area (Å²) in [5.74, 6) is -0.217. The van der Waals surface area contributed by atoms with E-state index < -0.39 is 0 Å². The van der Waals surface area contributed by atoms with Gasteiger partial charge in [-0.05, 0) is 49.7 Å². The quantitative estimate of drug-likeness (QED) is 0.899. The van der Waals surface area contributed by atoms with Crippen LogP contribution < -0.4 is 4.90 Å². The molecule has 19 heavy (non-hydrogen) atoms. The van der Waals surface area contributed by atoms with Crippen LogP contribution in [0.2, 0.25) is 0 Å². The van der Waals surface area contributed by atoms with E-state index in [2.05, 4.69) is 6.07 Å². The van der Waals surface area contributed by atoms with Crippen LogP contribution in [0.1, 0.15) is 24.1 Å². The minimum atomic E-state index is -0.336. The Morgan fingerprint density at radius 1 is 1.16 bits per heavy atom. The molecule has 0 heterocycles. The van der Waals surface area contributed by atoms with E-state index in [9.17, 15) is 9.50 Å². The Hall–Kier alpha value is -2.03. The Morgan fingerprint density at radius 3 is 2.58 bits per heavy atom. The van der Waals surface area contributed by atoms with Gasteiger partial charge >= 0.3 is 0 Å². The van der Waals surface area contributed by atoms with Gasteiger partial charge in [-0.2, -0.15) is 0 Å². The van der Waals surface area contributed by atoms with Crippen LogP contribution in [0.25, 0.3) is 0 Å². The third-order valence-electron chi connectivity index (χ3n) is 3.43. The molecule has 2 nitrogen and oxygen atoms in total. The van der Waals surface area contributed by atoms with E-state index in [-0.39, 0.29) is 17.6 Å². The summed E-state index contributed by atoms with van der Waals surface area (Å²) in [6.45, 7) is 3.97. The van der Waals surface area contributed by atoms with Crippen molar-refractivity contribution in [2.45, 2.75) is 19.9 Å². The average molecular weight is 259 g/mol. The number of rotatable bonds is 3. The Kier molecular flexibility index (Phi) is 3.74. The number of hydrogen-bond donors (Lipinski definition) is 1. The smallest absolute Gasteiger partial charge is 0.123 e. The number of aromatic hydroxyl groups is 1. The second-order valence-electron chi connectivity index (χ2n) is 4.83. The molecule has 0 amide bonds. The maximum atomic E-state index is 13.3. The second kappa shape index (κ2) is 5.31. The van der Waals surface area contributed by atoms with Crippen molar-refractivity contribution in [2.24, 2.45) is 0 Å². The molecule has 0 spiro atoms. The first kappa shape index (κ1) is 13.4. The lowest BCUT2D eigenvalue weighted by Crippen LogP contribution is -2.21. The zero-order valence-electron chi connectivity index (χ0n) is 11.4. The monoisotopic (exact) mass is 259 g/mol. The van der Waals surface area contributed by atoms with Crippen molar-refractivity contribution in [3.8, 4) is 5.75 Å². The van der Waals surface area contributed by atoms with Crippen LogP contribution in [0, 0.1) is 12.7 Å². The van der Waals surface area contributed by atoms with Crippen molar-refractivity contribution >= 4 is 5.69 Å². The molecule has 1 atom stereocenters. The second-order valence-corrected chi connectivity index (χ2v) is 4.83. The molecule has 0 saturated heterocycles. The van der Waals surface area contributed by atoms with Gasteiger partial charge in [-0.1, -0.05) is 12.1 Å². The Morgan fingerprint density at radius 2 is 1.89 bits per heavy atom. The molecule has 0 bridgehead atoms. The lowest BCUT2D eigenvalue weighted by molar-refractivity contribution is 0.459. The third kappa shape index (κ3) is 2.87. The molecule has 0 radical (unpaired) electrons. The van der Waals surface area contributed by atoms with Crippen molar-refractivity contribution in [3.63, 3.8) is 0 Å². The van der Waals surface area contributed by atoms with Gasteiger partial charge in [0.05, 0.1) is 6.04 Å². The van der Waals surface area contributed by atoms with Crippen LogP contribution in [0.5, 0.6) is 5.75 Å². The number of halogens is 1. The van der Waals surface area contributed by atoms with Gasteiger partial charge in [-0.15, -0.1) is 0 Å². The number of benzene rings is 2. The molecule has 0 fully saturated rings. The SMILES string of the molecule is Cc1cccc(N(C)C(C)c2cc(F)ccc2O)c1. The van der Waals surface area contributed by atoms with Crippen LogP contribution in [-0.4, -0.2) is 12.2 Å². The molecule has 1 unspecified atom stereocenters. The van der Waals surface area contributed by atoms with E-state index in [1.165, 1.54) is 23.8 Å². The number of phenolic OH excluding ortho intramolecular Hbond substituents is 1. The molecule has 1 N–H and O–H groups in total. The van der Waals surface area contributed by atoms with Gasteiger partial charge in [0.15, 0.2) is 0 Å². The van der Waals surface area contributed by atoms with Crippen LogP contribution in [0.15, 0.2) is 42.5 Å². The molecule has 0 aliphatic rings. The lowest BCUT2D eigenvalue weighted by Gasteiger charge is -2.28. The van der Waals surface area contributed by atoms with Gasteiger partial charge in [0.1, 0.15) is 11.6 Å². The number of hydrogen-bond acceptors (Lipinski definition) is 2. The van der Waals surface area contributed by atoms with Gasteiger partial charge in [0.2, 0.25) is 0 Å². The van der Waals surface area contributed by atoms with Gasteiger partial charge in [0, 0.05) is 18.3 Å². The van der Waals surface area contributed by atoms with Gasteiger partial charge in [0.25, 0.3) is 0 Å². The van der Waals surface area contributed by atoms with Crippen LogP contribution in [0.3, 0.4) is 0 Å². The van der Waals surface area contributed by atoms with Crippen LogP contribution in [-0.2, 0) is 0 Å². The highest BCUT2D eigenvalue weighted by molar-refractivity contribution is 5.51. The molecule has 0 aliphatic heterocycles. The Balaban J connectivity index is 2.33. The summed E-state index contributed by atoms with van der Waals surface area (Å²) in [5, 5.41) is 9.86. The zero-order valence-corrected chi connectivity index (χ0v) is 11.4. The summed E-state index contributed by atoms with van der Waals surface area (Å²) >= 11 is 0. The largest absolute Gasteiger partial charge is 0.508 e. The van der Waals surface area contributed by atoms with Crippen LogP contribution >= 0.6 is 0 Å². The number of nitrogens with zero attached hydrogens (tertiary/aromatic N) is 1. The molecule has 0 aliphatic carbocycles. The summed E-state index contributed by atoms with van der Waals surface area (Å²) in [7, 11) is 1.93. The van der Waals surface area contributed by atoms with Crippen molar-refractivity contribution in [3.05, 3.63) is 59.4 Å². The predicted molar refractivity (Wildman–Crippen MR) is 76.1 cm³/mol. The molecule has 100 valence electrons. The van der Waals surface area contributed by atoms with Crippen molar-refractivity contribution in [2.75, 3.05) is 11.9 Å².